The molecular weight excluding hydrogens is 428 g/mol. The van der Waals surface area contributed by atoms with Crippen molar-refractivity contribution in [1.29, 1.82) is 0 Å². The fourth-order valence-corrected chi connectivity index (χ4v) is 4.59. The number of carbonyl (C=O) groups excluding carboxylic acids is 1. The second kappa shape index (κ2) is 10.2. The van der Waals surface area contributed by atoms with Crippen LogP contribution in [-0.4, -0.2) is 46.0 Å². The van der Waals surface area contributed by atoms with E-state index in [1.165, 1.54) is 24.5 Å². The Morgan fingerprint density at radius 2 is 1.72 bits per heavy atom. The number of hydroxylamine groups is 1. The molecule has 2 aromatic carbocycles. The molecule has 0 spiro atoms. The van der Waals surface area contributed by atoms with Gasteiger partial charge in [-0.1, -0.05) is 29.5 Å². The first-order valence-corrected chi connectivity index (χ1v) is 11.4. The predicted octanol–water partition coefficient (Wildman–Crippen LogP) is 2.18. The minimum atomic E-state index is -4.02. The number of hydrogen-bond donors (Lipinski definition) is 2. The SMILES string of the molecule is Cc1ccc(C#Cc2ccc(S(=O)(=O)N(CCn3ccnc3)[C@H](C)C(=O)NO)cc2)cc1. The van der Waals surface area contributed by atoms with E-state index in [4.69, 9.17) is 5.21 Å². The quantitative estimate of drug-likeness (QED) is 0.325. The van der Waals surface area contributed by atoms with E-state index in [9.17, 15) is 13.2 Å². The lowest BCUT2D eigenvalue weighted by Gasteiger charge is -2.27. The minimum absolute atomic E-state index is 0.0161. The third-order valence-electron chi connectivity index (χ3n) is 4.92. The molecule has 0 aliphatic rings. The number of nitrogens with zero attached hydrogens (tertiary/aromatic N) is 3. The van der Waals surface area contributed by atoms with E-state index in [1.54, 1.807) is 35.4 Å². The summed E-state index contributed by atoms with van der Waals surface area (Å²) in [5, 5.41) is 9.00. The fraction of sp³-hybridized carbons (Fsp3) is 0.217. The average molecular weight is 453 g/mol. The van der Waals surface area contributed by atoms with Gasteiger partial charge in [0.05, 0.1) is 11.2 Å². The highest BCUT2D eigenvalue weighted by molar-refractivity contribution is 7.89. The lowest BCUT2D eigenvalue weighted by Crippen LogP contribution is -2.48. The van der Waals surface area contributed by atoms with Gasteiger partial charge in [-0.3, -0.25) is 10.0 Å². The highest BCUT2D eigenvalue weighted by Gasteiger charge is 2.32. The Labute approximate surface area is 187 Å². The van der Waals surface area contributed by atoms with Crippen molar-refractivity contribution < 1.29 is 18.4 Å². The summed E-state index contributed by atoms with van der Waals surface area (Å²) in [7, 11) is -4.02. The molecule has 9 heteroatoms. The molecule has 2 N–H and O–H groups in total. The van der Waals surface area contributed by atoms with Gasteiger partial charge in [0.2, 0.25) is 10.0 Å². The summed E-state index contributed by atoms with van der Waals surface area (Å²) in [6.07, 6.45) is 4.84. The zero-order valence-electron chi connectivity index (χ0n) is 17.8. The predicted molar refractivity (Wildman–Crippen MR) is 119 cm³/mol. The van der Waals surface area contributed by atoms with Crippen molar-refractivity contribution in [3.8, 4) is 11.8 Å². The molecule has 1 aromatic heterocycles. The lowest BCUT2D eigenvalue weighted by atomic mass is 10.1. The standard InChI is InChI=1S/C23H24N4O4S/c1-18-3-5-20(6-4-18)7-8-21-9-11-22(12-10-21)32(30,31)27(19(2)23(28)25-29)16-15-26-14-13-24-17-26/h3-6,9-14,17,19,29H,15-16H2,1-2H3,(H,25,28)/t19-/m1/s1. The number of rotatable bonds is 7. The van der Waals surface area contributed by atoms with Crippen LogP contribution in [-0.2, 0) is 21.4 Å². The van der Waals surface area contributed by atoms with Gasteiger partial charge < -0.3 is 4.57 Å². The first kappa shape index (κ1) is 23.2. The molecule has 1 amide bonds. The van der Waals surface area contributed by atoms with Gasteiger partial charge in [0.1, 0.15) is 6.04 Å². The second-order valence-corrected chi connectivity index (χ2v) is 9.10. The third-order valence-corrected chi connectivity index (χ3v) is 6.91. The smallest absolute Gasteiger partial charge is 0.261 e. The summed E-state index contributed by atoms with van der Waals surface area (Å²) in [6, 6.07) is 12.8. The molecule has 0 aliphatic carbocycles. The van der Waals surface area contributed by atoms with Gasteiger partial charge in [-0.15, -0.1) is 0 Å². The normalized spacial score (nSPS) is 12.1. The maximum absolute atomic E-state index is 13.3. The summed E-state index contributed by atoms with van der Waals surface area (Å²) in [5.41, 5.74) is 4.19. The average Bonchev–Trinajstić information content (AvgIpc) is 3.32. The van der Waals surface area contributed by atoms with Gasteiger partial charge in [0, 0.05) is 36.6 Å². The number of amides is 1. The van der Waals surface area contributed by atoms with E-state index in [2.05, 4.69) is 16.8 Å². The molecule has 0 saturated heterocycles. The van der Waals surface area contributed by atoms with Crippen LogP contribution in [0, 0.1) is 18.8 Å². The molecule has 8 nitrogen and oxygen atoms in total. The van der Waals surface area contributed by atoms with Crippen molar-refractivity contribution >= 4 is 15.9 Å². The maximum atomic E-state index is 13.3. The molecule has 3 rings (SSSR count). The van der Waals surface area contributed by atoms with Crippen molar-refractivity contribution in [2.45, 2.75) is 31.3 Å². The summed E-state index contributed by atoms with van der Waals surface area (Å²) in [5.74, 6) is 5.24. The number of sulfonamides is 1. The van der Waals surface area contributed by atoms with Gasteiger partial charge in [-0.2, -0.15) is 4.31 Å². The second-order valence-electron chi connectivity index (χ2n) is 7.21. The fourth-order valence-electron chi connectivity index (χ4n) is 3.01. The molecule has 1 atom stereocenters. The topological polar surface area (TPSA) is 105 Å². The van der Waals surface area contributed by atoms with Crippen molar-refractivity contribution in [3.63, 3.8) is 0 Å². The van der Waals surface area contributed by atoms with Crippen LogP contribution in [0.1, 0.15) is 23.6 Å². The molecule has 32 heavy (non-hydrogen) atoms. The first-order valence-electron chi connectivity index (χ1n) is 9.91. The highest BCUT2D eigenvalue weighted by atomic mass is 32.2. The number of carbonyl (C=O) groups is 1. The molecule has 0 unspecified atom stereocenters. The van der Waals surface area contributed by atoms with E-state index in [0.717, 1.165) is 15.4 Å². The zero-order chi connectivity index (χ0) is 23.1. The third kappa shape index (κ3) is 5.62. The van der Waals surface area contributed by atoms with Crippen LogP contribution >= 0.6 is 0 Å². The highest BCUT2D eigenvalue weighted by Crippen LogP contribution is 2.19. The Bertz CT molecular complexity index is 1210. The molecule has 1 heterocycles. The van der Waals surface area contributed by atoms with Crippen LogP contribution in [0.4, 0.5) is 0 Å². The van der Waals surface area contributed by atoms with Crippen LogP contribution in [0.3, 0.4) is 0 Å². The molecule has 0 bridgehead atoms. The Morgan fingerprint density at radius 3 is 2.25 bits per heavy atom. The van der Waals surface area contributed by atoms with E-state index >= 15 is 0 Å². The minimum Gasteiger partial charge on any atom is -0.336 e. The molecule has 3 aromatic rings. The zero-order valence-corrected chi connectivity index (χ0v) is 18.6. The van der Waals surface area contributed by atoms with Crippen LogP contribution in [0.5, 0.6) is 0 Å². The number of nitrogens with one attached hydrogen (secondary N) is 1. The number of aromatic nitrogens is 2. The van der Waals surface area contributed by atoms with Gasteiger partial charge in [0.15, 0.2) is 0 Å². The van der Waals surface area contributed by atoms with Crippen LogP contribution in [0.2, 0.25) is 0 Å². The van der Waals surface area contributed by atoms with Crippen molar-refractivity contribution in [2.24, 2.45) is 0 Å². The van der Waals surface area contributed by atoms with E-state index < -0.39 is 22.0 Å². The summed E-state index contributed by atoms with van der Waals surface area (Å²) in [4.78, 5) is 15.9. The Hall–Kier alpha value is -3.45. The molecule has 0 radical (unpaired) electrons. The largest absolute Gasteiger partial charge is 0.336 e. The van der Waals surface area contributed by atoms with Gasteiger partial charge in [-0.25, -0.2) is 18.9 Å². The molecule has 166 valence electrons. The molecule has 0 saturated carbocycles. The first-order chi connectivity index (χ1) is 15.3. The maximum Gasteiger partial charge on any atom is 0.261 e. The van der Waals surface area contributed by atoms with Gasteiger partial charge in [0.25, 0.3) is 5.91 Å². The Balaban J connectivity index is 1.83. The number of hydrogen-bond acceptors (Lipinski definition) is 5. The summed E-state index contributed by atoms with van der Waals surface area (Å²) in [6.45, 7) is 3.73. The molecule has 0 fully saturated rings. The van der Waals surface area contributed by atoms with Gasteiger partial charge >= 0.3 is 0 Å². The number of aryl methyl sites for hydroxylation is 1. The van der Waals surface area contributed by atoms with Crippen LogP contribution < -0.4 is 5.48 Å². The summed E-state index contributed by atoms with van der Waals surface area (Å²) >= 11 is 0. The molecule has 0 aliphatic heterocycles. The van der Waals surface area contributed by atoms with Crippen molar-refractivity contribution in [3.05, 3.63) is 83.9 Å². The van der Waals surface area contributed by atoms with Crippen molar-refractivity contribution in [2.75, 3.05) is 6.54 Å². The van der Waals surface area contributed by atoms with E-state index in [1.807, 2.05) is 31.2 Å². The number of benzene rings is 2. The van der Waals surface area contributed by atoms with E-state index in [-0.39, 0.29) is 11.4 Å². The van der Waals surface area contributed by atoms with Gasteiger partial charge in [-0.05, 0) is 50.2 Å². The van der Waals surface area contributed by atoms with Crippen molar-refractivity contribution in [1.82, 2.24) is 19.3 Å². The Kier molecular flexibility index (Phi) is 7.43. The monoisotopic (exact) mass is 452 g/mol. The van der Waals surface area contributed by atoms with Crippen LogP contribution in [0.25, 0.3) is 0 Å². The lowest BCUT2D eigenvalue weighted by molar-refractivity contribution is -0.132. The number of imidazole rings is 1. The Morgan fingerprint density at radius 1 is 1.12 bits per heavy atom. The summed E-state index contributed by atoms with van der Waals surface area (Å²) < 4.78 is 29.3. The molecular formula is C23H24N4O4S. The van der Waals surface area contributed by atoms with Crippen LogP contribution in [0.15, 0.2) is 72.1 Å². The van der Waals surface area contributed by atoms with E-state index in [0.29, 0.717) is 12.1 Å².